The lowest BCUT2D eigenvalue weighted by Gasteiger charge is -2.29. The van der Waals surface area contributed by atoms with Crippen LogP contribution in [-0.4, -0.2) is 18.3 Å². The third-order valence-electron chi connectivity index (χ3n) is 3.22. The number of phenolic OH excluding ortho intramolecular Hbond substituents is 1. The fourth-order valence-electron chi connectivity index (χ4n) is 2.18. The molecule has 3 nitrogen and oxygen atoms in total. The summed E-state index contributed by atoms with van der Waals surface area (Å²) in [5.74, 6) is 0.456. The molecule has 1 atom stereocenters. The lowest BCUT2D eigenvalue weighted by atomic mass is 9.87. The van der Waals surface area contributed by atoms with E-state index in [1.807, 2.05) is 0 Å². The summed E-state index contributed by atoms with van der Waals surface area (Å²) in [5.41, 5.74) is 6.85. The van der Waals surface area contributed by atoms with Crippen molar-refractivity contribution in [2.24, 2.45) is 11.7 Å². The Morgan fingerprint density at radius 1 is 1.41 bits per heavy atom. The molecule has 1 aromatic carbocycles. The van der Waals surface area contributed by atoms with Gasteiger partial charge in [-0.3, -0.25) is 0 Å². The third-order valence-corrected chi connectivity index (χ3v) is 4.19. The molecule has 3 N–H and O–H groups in total. The Bertz CT molecular complexity index is 408. The molecule has 2 rings (SSSR count). The molecular weight excluding hydrogens is 305 g/mol. The lowest BCUT2D eigenvalue weighted by molar-refractivity contribution is 0.0581. The fraction of sp³-hybridized carbons (Fsp3) is 0.500. The number of ether oxygens (including phenoxy) is 1. The number of phenols is 1. The van der Waals surface area contributed by atoms with Crippen LogP contribution in [0, 0.1) is 5.92 Å². The lowest BCUT2D eigenvalue weighted by Crippen LogP contribution is -2.27. The maximum absolute atomic E-state index is 10.0. The predicted octanol–water partition coefficient (Wildman–Crippen LogP) is 3.23. The van der Waals surface area contributed by atoms with E-state index >= 15 is 0 Å². The predicted molar refractivity (Wildman–Crippen MR) is 71.3 cm³/mol. The highest BCUT2D eigenvalue weighted by Crippen LogP contribution is 2.40. The number of hydrogen-bond acceptors (Lipinski definition) is 3. The highest BCUT2D eigenvalue weighted by Gasteiger charge is 2.26. The van der Waals surface area contributed by atoms with Crippen molar-refractivity contribution in [3.63, 3.8) is 0 Å². The molecule has 1 aliphatic heterocycles. The van der Waals surface area contributed by atoms with E-state index < -0.39 is 0 Å². The van der Waals surface area contributed by atoms with Gasteiger partial charge in [0.25, 0.3) is 0 Å². The number of aromatic hydroxyl groups is 1. The smallest absolute Gasteiger partial charge is 0.136 e. The minimum atomic E-state index is -0.246. The molecule has 94 valence electrons. The van der Waals surface area contributed by atoms with Crippen molar-refractivity contribution in [2.75, 3.05) is 13.2 Å². The van der Waals surface area contributed by atoms with Gasteiger partial charge in [0.15, 0.2) is 0 Å². The second-order valence-electron chi connectivity index (χ2n) is 4.27. The Morgan fingerprint density at radius 3 is 2.71 bits per heavy atom. The number of halogens is 2. The van der Waals surface area contributed by atoms with Gasteiger partial charge in [0.2, 0.25) is 0 Å². The second kappa shape index (κ2) is 5.57. The Morgan fingerprint density at radius 2 is 2.06 bits per heavy atom. The van der Waals surface area contributed by atoms with E-state index in [-0.39, 0.29) is 11.8 Å². The molecule has 0 amide bonds. The van der Waals surface area contributed by atoms with Crippen molar-refractivity contribution in [1.82, 2.24) is 0 Å². The van der Waals surface area contributed by atoms with Gasteiger partial charge in [0.05, 0.1) is 4.47 Å². The zero-order valence-electron chi connectivity index (χ0n) is 9.33. The van der Waals surface area contributed by atoms with Crippen LogP contribution in [0.1, 0.15) is 24.4 Å². The van der Waals surface area contributed by atoms with Gasteiger partial charge in [0.1, 0.15) is 5.75 Å². The molecule has 1 aromatic rings. The van der Waals surface area contributed by atoms with E-state index in [0.717, 1.165) is 26.1 Å². The van der Waals surface area contributed by atoms with Crippen molar-refractivity contribution in [1.29, 1.82) is 0 Å². The van der Waals surface area contributed by atoms with Crippen LogP contribution in [-0.2, 0) is 4.74 Å². The van der Waals surface area contributed by atoms with Gasteiger partial charge in [-0.2, -0.15) is 0 Å². The Hall–Kier alpha value is -0.290. The molecule has 0 aromatic heterocycles. The first-order valence-electron chi connectivity index (χ1n) is 5.61. The summed E-state index contributed by atoms with van der Waals surface area (Å²) in [7, 11) is 0. The molecule has 0 bridgehead atoms. The Labute approximate surface area is 114 Å². The summed E-state index contributed by atoms with van der Waals surface area (Å²) >= 11 is 9.41. The van der Waals surface area contributed by atoms with Crippen LogP contribution >= 0.6 is 27.5 Å². The number of benzene rings is 1. The molecule has 1 heterocycles. The standard InChI is InChI=1S/C12H15BrClNO2/c13-8-1-2-9(14)10(12(8)16)11(15)7-3-5-17-6-4-7/h1-2,7,11,16H,3-6,15H2/t11-/m0/s1. The molecule has 0 radical (unpaired) electrons. The van der Waals surface area contributed by atoms with Crippen LogP contribution in [0.15, 0.2) is 16.6 Å². The molecule has 17 heavy (non-hydrogen) atoms. The van der Waals surface area contributed by atoms with Gasteiger partial charge in [-0.25, -0.2) is 0 Å². The number of hydrogen-bond donors (Lipinski definition) is 2. The topological polar surface area (TPSA) is 55.5 Å². The van der Waals surface area contributed by atoms with Crippen LogP contribution in [0.3, 0.4) is 0 Å². The van der Waals surface area contributed by atoms with Gasteiger partial charge in [-0.1, -0.05) is 11.6 Å². The van der Waals surface area contributed by atoms with Crippen LogP contribution in [0.5, 0.6) is 5.75 Å². The first-order chi connectivity index (χ1) is 8.11. The fourth-order valence-corrected chi connectivity index (χ4v) is 2.81. The van der Waals surface area contributed by atoms with Gasteiger partial charge >= 0.3 is 0 Å². The quantitative estimate of drug-likeness (QED) is 0.879. The third kappa shape index (κ3) is 2.76. The maximum Gasteiger partial charge on any atom is 0.136 e. The molecule has 1 saturated heterocycles. The first-order valence-corrected chi connectivity index (χ1v) is 6.78. The summed E-state index contributed by atoms with van der Waals surface area (Å²) in [6.45, 7) is 1.45. The molecular formula is C12H15BrClNO2. The van der Waals surface area contributed by atoms with Crippen LogP contribution in [0.25, 0.3) is 0 Å². The maximum atomic E-state index is 10.0. The molecule has 0 unspecified atom stereocenters. The molecule has 1 fully saturated rings. The Balaban J connectivity index is 2.29. The van der Waals surface area contributed by atoms with Crippen molar-refractivity contribution in [3.8, 4) is 5.75 Å². The second-order valence-corrected chi connectivity index (χ2v) is 5.53. The summed E-state index contributed by atoms with van der Waals surface area (Å²) in [4.78, 5) is 0. The van der Waals surface area contributed by atoms with E-state index in [1.165, 1.54) is 0 Å². The van der Waals surface area contributed by atoms with E-state index in [2.05, 4.69) is 15.9 Å². The van der Waals surface area contributed by atoms with E-state index in [9.17, 15) is 5.11 Å². The van der Waals surface area contributed by atoms with Crippen molar-refractivity contribution in [2.45, 2.75) is 18.9 Å². The van der Waals surface area contributed by atoms with E-state index in [0.29, 0.717) is 21.0 Å². The minimum absolute atomic E-state index is 0.150. The van der Waals surface area contributed by atoms with Crippen LogP contribution < -0.4 is 5.73 Å². The van der Waals surface area contributed by atoms with E-state index in [4.69, 9.17) is 22.1 Å². The first kappa shape index (κ1) is 13.1. The minimum Gasteiger partial charge on any atom is -0.506 e. The zero-order valence-corrected chi connectivity index (χ0v) is 11.7. The number of nitrogens with two attached hydrogens (primary N) is 1. The van der Waals surface area contributed by atoms with Crippen molar-refractivity contribution < 1.29 is 9.84 Å². The molecule has 0 saturated carbocycles. The monoisotopic (exact) mass is 319 g/mol. The largest absolute Gasteiger partial charge is 0.506 e. The Kier molecular flexibility index (Phi) is 4.31. The highest BCUT2D eigenvalue weighted by atomic mass is 79.9. The summed E-state index contributed by atoms with van der Waals surface area (Å²) < 4.78 is 5.93. The van der Waals surface area contributed by atoms with E-state index in [1.54, 1.807) is 12.1 Å². The normalized spacial score (nSPS) is 19.2. The summed E-state index contributed by atoms with van der Waals surface area (Å²) in [6.07, 6.45) is 1.81. The average Bonchev–Trinajstić information content (AvgIpc) is 2.35. The summed E-state index contributed by atoms with van der Waals surface area (Å²) in [5, 5.41) is 10.6. The molecule has 0 spiro atoms. The highest BCUT2D eigenvalue weighted by molar-refractivity contribution is 9.10. The van der Waals surface area contributed by atoms with Crippen molar-refractivity contribution >= 4 is 27.5 Å². The molecule has 5 heteroatoms. The summed E-state index contributed by atoms with van der Waals surface area (Å²) in [6, 6.07) is 3.22. The van der Waals surface area contributed by atoms with Crippen LogP contribution in [0.2, 0.25) is 5.02 Å². The van der Waals surface area contributed by atoms with Gasteiger partial charge in [0, 0.05) is 29.8 Å². The molecule has 0 aliphatic carbocycles. The number of rotatable bonds is 2. The van der Waals surface area contributed by atoms with Crippen molar-refractivity contribution in [3.05, 3.63) is 27.2 Å². The van der Waals surface area contributed by atoms with Crippen LogP contribution in [0.4, 0.5) is 0 Å². The van der Waals surface area contributed by atoms with Gasteiger partial charge < -0.3 is 15.6 Å². The van der Waals surface area contributed by atoms with Gasteiger partial charge in [-0.15, -0.1) is 0 Å². The molecule has 1 aliphatic rings. The zero-order chi connectivity index (χ0) is 12.4. The average molecular weight is 321 g/mol. The van der Waals surface area contributed by atoms with Gasteiger partial charge in [-0.05, 0) is 46.8 Å². The SMILES string of the molecule is N[C@H](c1c(Cl)ccc(Br)c1O)C1CCOCC1.